The topological polar surface area (TPSA) is 12.0 Å². The third-order valence-electron chi connectivity index (χ3n) is 4.25. The average Bonchev–Trinajstić information content (AvgIpc) is 3.08. The first-order chi connectivity index (χ1) is 8.26. The van der Waals surface area contributed by atoms with Gasteiger partial charge in [0.2, 0.25) is 0 Å². The Labute approximate surface area is 112 Å². The van der Waals surface area contributed by atoms with Crippen LogP contribution in [0.5, 0.6) is 0 Å². The molecule has 0 amide bonds. The van der Waals surface area contributed by atoms with Crippen molar-refractivity contribution < 1.29 is 0 Å². The fourth-order valence-electron chi connectivity index (χ4n) is 2.78. The Morgan fingerprint density at radius 1 is 1.18 bits per heavy atom. The molecule has 0 spiro atoms. The van der Waals surface area contributed by atoms with E-state index in [9.17, 15) is 0 Å². The van der Waals surface area contributed by atoms with Crippen LogP contribution in [0.1, 0.15) is 37.7 Å². The van der Waals surface area contributed by atoms with Crippen LogP contribution in [0.3, 0.4) is 0 Å². The van der Waals surface area contributed by atoms with Crippen molar-refractivity contribution in [3.8, 4) is 0 Å². The van der Waals surface area contributed by atoms with Crippen molar-refractivity contribution in [1.29, 1.82) is 0 Å². The van der Waals surface area contributed by atoms with Gasteiger partial charge in [-0.3, -0.25) is 0 Å². The summed E-state index contributed by atoms with van der Waals surface area (Å²) in [5.41, 5.74) is 2.06. The lowest BCUT2D eigenvalue weighted by molar-refractivity contribution is 0.129. The Kier molecular flexibility index (Phi) is 3.27. The van der Waals surface area contributed by atoms with Crippen molar-refractivity contribution in [3.05, 3.63) is 34.3 Å². The van der Waals surface area contributed by atoms with Gasteiger partial charge in [-0.25, -0.2) is 0 Å². The van der Waals surface area contributed by atoms with Crippen molar-refractivity contribution in [2.75, 3.05) is 6.54 Å². The molecular weight excluding hydrogens is 274 g/mol. The van der Waals surface area contributed by atoms with Crippen LogP contribution in [0.4, 0.5) is 0 Å². The van der Waals surface area contributed by atoms with Crippen LogP contribution in [0.25, 0.3) is 0 Å². The molecule has 2 fully saturated rings. The summed E-state index contributed by atoms with van der Waals surface area (Å²) in [5.74, 6) is 0. The number of hydrogen-bond donors (Lipinski definition) is 1. The third kappa shape index (κ3) is 2.92. The molecule has 1 aromatic rings. The number of hydrogen-bond acceptors (Lipinski definition) is 1. The summed E-state index contributed by atoms with van der Waals surface area (Å²) in [6.45, 7) is 1.23. The minimum absolute atomic E-state index is 0.566. The minimum Gasteiger partial charge on any atom is -0.313 e. The predicted molar refractivity (Wildman–Crippen MR) is 75.2 cm³/mol. The van der Waals surface area contributed by atoms with E-state index in [0.717, 1.165) is 6.04 Å². The van der Waals surface area contributed by atoms with Gasteiger partial charge in [0, 0.05) is 17.1 Å². The van der Waals surface area contributed by atoms with Crippen LogP contribution in [-0.4, -0.2) is 12.6 Å². The fourth-order valence-corrected chi connectivity index (χ4v) is 3.04. The van der Waals surface area contributed by atoms with Crippen molar-refractivity contribution in [1.82, 2.24) is 5.32 Å². The van der Waals surface area contributed by atoms with Gasteiger partial charge in [-0.15, -0.1) is 0 Å². The summed E-state index contributed by atoms with van der Waals surface area (Å²) in [5, 5.41) is 3.72. The monoisotopic (exact) mass is 293 g/mol. The van der Waals surface area contributed by atoms with Crippen molar-refractivity contribution in [3.63, 3.8) is 0 Å². The van der Waals surface area contributed by atoms with E-state index in [2.05, 4.69) is 45.5 Å². The lowest BCUT2D eigenvalue weighted by Gasteiger charge is -2.42. The molecule has 1 nitrogen and oxygen atoms in total. The Balaban J connectivity index is 1.61. The van der Waals surface area contributed by atoms with E-state index in [1.54, 1.807) is 0 Å². The molecule has 0 aromatic heterocycles. The number of benzene rings is 1. The Morgan fingerprint density at radius 3 is 2.41 bits per heavy atom. The van der Waals surface area contributed by atoms with Crippen molar-refractivity contribution >= 4 is 15.9 Å². The van der Waals surface area contributed by atoms with Gasteiger partial charge < -0.3 is 5.32 Å². The molecule has 0 saturated heterocycles. The zero-order chi connectivity index (χ0) is 11.7. The molecule has 0 radical (unpaired) electrons. The summed E-state index contributed by atoms with van der Waals surface area (Å²) in [7, 11) is 0. The molecule has 1 aromatic carbocycles. The molecule has 2 heteroatoms. The quantitative estimate of drug-likeness (QED) is 0.868. The highest BCUT2D eigenvalue weighted by Crippen LogP contribution is 2.43. The van der Waals surface area contributed by atoms with Crippen LogP contribution in [0.15, 0.2) is 28.7 Å². The molecule has 2 aliphatic rings. The zero-order valence-electron chi connectivity index (χ0n) is 10.2. The first-order valence-corrected chi connectivity index (χ1v) is 7.53. The Bertz CT molecular complexity index is 376. The second-order valence-corrected chi connectivity index (χ2v) is 6.73. The average molecular weight is 294 g/mol. The molecule has 1 N–H and O–H groups in total. The number of halogens is 1. The standard InChI is InChI=1S/C15H20BrN/c16-13-4-2-12(3-5-13)10-15(8-1-9-15)11-17-14-6-7-14/h2-5,14,17H,1,6-11H2. The van der Waals surface area contributed by atoms with Gasteiger partial charge >= 0.3 is 0 Å². The van der Waals surface area contributed by atoms with E-state index >= 15 is 0 Å². The van der Waals surface area contributed by atoms with E-state index < -0.39 is 0 Å². The molecule has 92 valence electrons. The van der Waals surface area contributed by atoms with Crippen molar-refractivity contribution in [2.24, 2.45) is 5.41 Å². The van der Waals surface area contributed by atoms with Gasteiger partial charge in [0.25, 0.3) is 0 Å². The highest BCUT2D eigenvalue weighted by Gasteiger charge is 2.38. The Morgan fingerprint density at radius 2 is 1.88 bits per heavy atom. The van der Waals surface area contributed by atoms with Crippen LogP contribution >= 0.6 is 15.9 Å². The predicted octanol–water partition coefficient (Wildman–Crippen LogP) is 3.91. The number of rotatable bonds is 5. The maximum atomic E-state index is 3.72. The summed E-state index contributed by atoms with van der Waals surface area (Å²) < 4.78 is 1.18. The molecule has 2 aliphatic carbocycles. The van der Waals surface area contributed by atoms with Gasteiger partial charge in [0.15, 0.2) is 0 Å². The van der Waals surface area contributed by atoms with Crippen LogP contribution in [0, 0.1) is 5.41 Å². The normalized spacial score (nSPS) is 22.2. The summed E-state index contributed by atoms with van der Waals surface area (Å²) in [6, 6.07) is 9.70. The van der Waals surface area contributed by atoms with Gasteiger partial charge in [-0.05, 0) is 55.2 Å². The lowest BCUT2D eigenvalue weighted by Crippen LogP contribution is -2.42. The summed E-state index contributed by atoms with van der Waals surface area (Å²) in [4.78, 5) is 0. The highest BCUT2D eigenvalue weighted by atomic mass is 79.9. The maximum absolute atomic E-state index is 3.72. The molecule has 0 aliphatic heterocycles. The SMILES string of the molecule is Brc1ccc(CC2(CNC3CC3)CCC2)cc1. The number of nitrogens with one attached hydrogen (secondary N) is 1. The second-order valence-electron chi connectivity index (χ2n) is 5.81. The molecular formula is C15H20BrN. The molecule has 0 atom stereocenters. The first-order valence-electron chi connectivity index (χ1n) is 6.74. The van der Waals surface area contributed by atoms with Gasteiger partial charge in [-0.2, -0.15) is 0 Å². The van der Waals surface area contributed by atoms with Crippen LogP contribution in [0.2, 0.25) is 0 Å². The minimum atomic E-state index is 0.566. The second kappa shape index (κ2) is 4.74. The molecule has 0 bridgehead atoms. The summed E-state index contributed by atoms with van der Waals surface area (Å²) in [6.07, 6.45) is 8.27. The van der Waals surface area contributed by atoms with Gasteiger partial charge in [-0.1, -0.05) is 34.5 Å². The largest absolute Gasteiger partial charge is 0.313 e. The molecule has 3 rings (SSSR count). The summed E-state index contributed by atoms with van der Waals surface area (Å²) >= 11 is 3.50. The lowest BCUT2D eigenvalue weighted by atomic mass is 9.65. The Hall–Kier alpha value is -0.340. The smallest absolute Gasteiger partial charge is 0.0175 e. The maximum Gasteiger partial charge on any atom is 0.0175 e. The zero-order valence-corrected chi connectivity index (χ0v) is 11.8. The van der Waals surface area contributed by atoms with Crippen molar-refractivity contribution in [2.45, 2.75) is 44.6 Å². The van der Waals surface area contributed by atoms with Gasteiger partial charge in [0.05, 0.1) is 0 Å². The molecule has 0 unspecified atom stereocenters. The third-order valence-corrected chi connectivity index (χ3v) is 4.78. The molecule has 2 saturated carbocycles. The van der Waals surface area contributed by atoms with E-state index in [1.807, 2.05) is 0 Å². The first kappa shape index (κ1) is 11.7. The van der Waals surface area contributed by atoms with E-state index in [0.29, 0.717) is 5.41 Å². The van der Waals surface area contributed by atoms with Gasteiger partial charge in [0.1, 0.15) is 0 Å². The highest BCUT2D eigenvalue weighted by molar-refractivity contribution is 9.10. The van der Waals surface area contributed by atoms with E-state index in [-0.39, 0.29) is 0 Å². The van der Waals surface area contributed by atoms with E-state index in [4.69, 9.17) is 0 Å². The molecule has 17 heavy (non-hydrogen) atoms. The van der Waals surface area contributed by atoms with E-state index in [1.165, 1.54) is 55.1 Å². The van der Waals surface area contributed by atoms with Crippen LogP contribution < -0.4 is 5.32 Å². The van der Waals surface area contributed by atoms with Crippen LogP contribution in [-0.2, 0) is 6.42 Å². The fraction of sp³-hybridized carbons (Fsp3) is 0.600. The molecule has 0 heterocycles.